The second-order valence-corrected chi connectivity index (χ2v) is 12.3. The molecule has 1 saturated heterocycles. The molecule has 122 valence electrons. The lowest BCUT2D eigenvalue weighted by Crippen LogP contribution is -2.59. The molecule has 0 aromatic carbocycles. The molecule has 2 N–H and O–H groups in total. The second-order valence-electron chi connectivity index (χ2n) is 7.57. The number of rotatable bonds is 3. The van der Waals surface area contributed by atoms with E-state index in [2.05, 4.69) is 33.9 Å². The maximum Gasteiger partial charge on any atom is 0.407 e. The number of carboxylic acid groups (broad SMARTS) is 2. The number of nitrogens with zero attached hydrogens (tertiary/aromatic N) is 1. The first kappa shape index (κ1) is 18.0. The normalized spacial score (nSPS) is 27.5. The van der Waals surface area contributed by atoms with Crippen LogP contribution in [0.15, 0.2) is 0 Å². The van der Waals surface area contributed by atoms with Gasteiger partial charge in [0.1, 0.15) is 0 Å². The maximum absolute atomic E-state index is 11.7. The minimum Gasteiger partial charge on any atom is -0.481 e. The van der Waals surface area contributed by atoms with Crippen LogP contribution in [0.5, 0.6) is 0 Å². The molecule has 1 aliphatic heterocycles. The highest BCUT2D eigenvalue weighted by Gasteiger charge is 2.51. The average molecular weight is 317 g/mol. The van der Waals surface area contributed by atoms with Crippen molar-refractivity contribution in [3.05, 3.63) is 0 Å². The van der Waals surface area contributed by atoms with Crippen LogP contribution in [0.2, 0.25) is 18.1 Å². The number of amides is 1. The van der Waals surface area contributed by atoms with Crippen LogP contribution in [0.4, 0.5) is 4.79 Å². The van der Waals surface area contributed by atoms with Crippen LogP contribution in [0.1, 0.15) is 34.1 Å². The summed E-state index contributed by atoms with van der Waals surface area (Å²) in [6.07, 6.45) is -1.36. The Labute approximate surface area is 127 Å². The summed E-state index contributed by atoms with van der Waals surface area (Å²) in [6, 6.07) is 0. The lowest BCUT2D eigenvalue weighted by atomic mass is 9.78. The van der Waals surface area contributed by atoms with Crippen molar-refractivity contribution >= 4 is 20.4 Å². The van der Waals surface area contributed by atoms with E-state index in [0.29, 0.717) is 0 Å². The highest BCUT2D eigenvalue weighted by Crippen LogP contribution is 2.42. The molecule has 2 atom stereocenters. The topological polar surface area (TPSA) is 87.1 Å². The van der Waals surface area contributed by atoms with Gasteiger partial charge >= 0.3 is 12.1 Å². The van der Waals surface area contributed by atoms with E-state index in [4.69, 9.17) is 9.53 Å². The van der Waals surface area contributed by atoms with Crippen LogP contribution < -0.4 is 0 Å². The first-order chi connectivity index (χ1) is 9.31. The van der Waals surface area contributed by atoms with Gasteiger partial charge in [0.2, 0.25) is 0 Å². The number of piperidine rings is 1. The van der Waals surface area contributed by atoms with Crippen molar-refractivity contribution in [2.45, 2.75) is 58.4 Å². The van der Waals surface area contributed by atoms with E-state index in [0.717, 1.165) is 0 Å². The van der Waals surface area contributed by atoms with Crippen LogP contribution in [0, 0.1) is 5.41 Å². The number of aliphatic carboxylic acids is 1. The van der Waals surface area contributed by atoms with E-state index in [9.17, 15) is 14.7 Å². The van der Waals surface area contributed by atoms with Crippen molar-refractivity contribution in [1.82, 2.24) is 4.90 Å². The van der Waals surface area contributed by atoms with Gasteiger partial charge in [-0.25, -0.2) is 4.79 Å². The molecule has 0 aromatic heterocycles. The van der Waals surface area contributed by atoms with Crippen LogP contribution in [-0.4, -0.2) is 54.7 Å². The molecule has 0 radical (unpaired) electrons. The second kappa shape index (κ2) is 5.60. The van der Waals surface area contributed by atoms with Crippen molar-refractivity contribution in [2.75, 3.05) is 13.1 Å². The Morgan fingerprint density at radius 1 is 1.29 bits per heavy atom. The number of likely N-dealkylation sites (tertiary alicyclic amines) is 1. The summed E-state index contributed by atoms with van der Waals surface area (Å²) < 4.78 is 6.25. The van der Waals surface area contributed by atoms with Crippen molar-refractivity contribution < 1.29 is 24.2 Å². The summed E-state index contributed by atoms with van der Waals surface area (Å²) in [5.41, 5.74) is -1.04. The van der Waals surface area contributed by atoms with Gasteiger partial charge in [-0.3, -0.25) is 4.79 Å². The fourth-order valence-electron chi connectivity index (χ4n) is 2.14. The number of hydrogen-bond donors (Lipinski definition) is 2. The third-order valence-electron chi connectivity index (χ3n) is 5.00. The molecule has 0 saturated carbocycles. The molecule has 1 fully saturated rings. The van der Waals surface area contributed by atoms with Crippen LogP contribution in [0.25, 0.3) is 0 Å². The van der Waals surface area contributed by atoms with Gasteiger partial charge in [-0.2, -0.15) is 0 Å². The molecule has 0 aliphatic carbocycles. The van der Waals surface area contributed by atoms with Crippen LogP contribution >= 0.6 is 0 Å². The Bertz CT molecular complexity index is 432. The molecule has 6 nitrogen and oxygen atoms in total. The van der Waals surface area contributed by atoms with Gasteiger partial charge in [-0.05, 0) is 31.5 Å². The molecule has 1 amide bonds. The highest BCUT2D eigenvalue weighted by molar-refractivity contribution is 6.74. The van der Waals surface area contributed by atoms with E-state index in [-0.39, 0.29) is 24.5 Å². The fraction of sp³-hybridized carbons (Fsp3) is 0.857. The van der Waals surface area contributed by atoms with E-state index in [1.165, 1.54) is 4.90 Å². The van der Waals surface area contributed by atoms with Crippen molar-refractivity contribution in [2.24, 2.45) is 5.41 Å². The molecular weight excluding hydrogens is 290 g/mol. The minimum absolute atomic E-state index is 0.0576. The summed E-state index contributed by atoms with van der Waals surface area (Å²) in [6.45, 7) is 12.3. The zero-order chi connectivity index (χ0) is 16.6. The molecule has 1 heterocycles. The van der Waals surface area contributed by atoms with E-state index in [1.807, 2.05) is 0 Å². The highest BCUT2D eigenvalue weighted by atomic mass is 28.4. The van der Waals surface area contributed by atoms with Gasteiger partial charge in [0.05, 0.1) is 18.1 Å². The Morgan fingerprint density at radius 2 is 1.81 bits per heavy atom. The molecule has 0 aromatic rings. The number of carbonyl (C=O) groups is 2. The summed E-state index contributed by atoms with van der Waals surface area (Å²) in [5.74, 6) is -0.920. The molecule has 1 rings (SSSR count). The SMILES string of the molecule is CC1(C(=O)O)CCN(C(=O)O)CC1O[Si](C)(C)C(C)(C)C. The Kier molecular flexibility index (Phi) is 4.80. The quantitative estimate of drug-likeness (QED) is 0.782. The van der Waals surface area contributed by atoms with Gasteiger partial charge < -0.3 is 19.5 Å². The van der Waals surface area contributed by atoms with E-state index in [1.54, 1.807) is 6.92 Å². The maximum atomic E-state index is 11.7. The smallest absolute Gasteiger partial charge is 0.407 e. The minimum atomic E-state index is -2.17. The van der Waals surface area contributed by atoms with Gasteiger partial charge in [0.15, 0.2) is 8.32 Å². The standard InChI is InChI=1S/C14H27NO5Si/c1-13(2,3)21(5,6)20-10-9-15(12(18)19)8-7-14(10,4)11(16)17/h10H,7-9H2,1-6H3,(H,16,17)(H,18,19). The van der Waals surface area contributed by atoms with Crippen molar-refractivity contribution in [3.63, 3.8) is 0 Å². The third-order valence-corrected chi connectivity index (χ3v) is 9.49. The molecule has 7 heteroatoms. The Morgan fingerprint density at radius 3 is 2.19 bits per heavy atom. The van der Waals surface area contributed by atoms with Crippen molar-refractivity contribution in [1.29, 1.82) is 0 Å². The van der Waals surface area contributed by atoms with Gasteiger partial charge in [0.25, 0.3) is 0 Å². The zero-order valence-corrected chi connectivity index (χ0v) is 14.8. The van der Waals surface area contributed by atoms with Gasteiger partial charge in [-0.15, -0.1) is 0 Å². The lowest BCUT2D eigenvalue weighted by Gasteiger charge is -2.47. The average Bonchev–Trinajstić information content (AvgIpc) is 2.29. The molecular formula is C14H27NO5Si. The molecule has 21 heavy (non-hydrogen) atoms. The molecule has 0 bridgehead atoms. The molecule has 0 spiro atoms. The number of hydrogen-bond acceptors (Lipinski definition) is 3. The first-order valence-corrected chi connectivity index (χ1v) is 10.1. The van der Waals surface area contributed by atoms with E-state index < -0.39 is 31.9 Å². The fourth-order valence-corrected chi connectivity index (χ4v) is 3.54. The van der Waals surface area contributed by atoms with Crippen molar-refractivity contribution in [3.8, 4) is 0 Å². The first-order valence-electron chi connectivity index (χ1n) is 7.20. The molecule has 1 aliphatic rings. The lowest BCUT2D eigenvalue weighted by molar-refractivity contribution is -0.158. The number of carboxylic acids is 1. The largest absolute Gasteiger partial charge is 0.481 e. The third kappa shape index (κ3) is 3.57. The molecule has 2 unspecified atom stereocenters. The predicted molar refractivity (Wildman–Crippen MR) is 82.0 cm³/mol. The summed E-state index contributed by atoms with van der Waals surface area (Å²) in [7, 11) is -2.17. The van der Waals surface area contributed by atoms with Gasteiger partial charge in [0, 0.05) is 6.54 Å². The summed E-state index contributed by atoms with van der Waals surface area (Å²) in [5, 5.41) is 18.7. The summed E-state index contributed by atoms with van der Waals surface area (Å²) >= 11 is 0. The van der Waals surface area contributed by atoms with Crippen LogP contribution in [-0.2, 0) is 9.22 Å². The van der Waals surface area contributed by atoms with Gasteiger partial charge in [-0.1, -0.05) is 20.8 Å². The Hall–Kier alpha value is -1.08. The van der Waals surface area contributed by atoms with E-state index >= 15 is 0 Å². The Balaban J connectivity index is 3.06. The van der Waals surface area contributed by atoms with Crippen LogP contribution in [0.3, 0.4) is 0 Å². The predicted octanol–water partition coefficient (Wildman–Crippen LogP) is 2.85. The summed E-state index contributed by atoms with van der Waals surface area (Å²) in [4.78, 5) is 24.1. The zero-order valence-electron chi connectivity index (χ0n) is 13.8. The monoisotopic (exact) mass is 317 g/mol.